The van der Waals surface area contributed by atoms with Crippen molar-refractivity contribution in [3.8, 4) is 0 Å². The number of likely N-dealkylation sites (tertiary alicyclic amines) is 1. The first-order valence-electron chi connectivity index (χ1n) is 6.94. The van der Waals surface area contributed by atoms with Gasteiger partial charge in [0.05, 0.1) is 0 Å². The molecule has 3 nitrogen and oxygen atoms in total. The third-order valence-electron chi connectivity index (χ3n) is 3.76. The van der Waals surface area contributed by atoms with Crippen LogP contribution in [-0.2, 0) is 11.2 Å². The van der Waals surface area contributed by atoms with E-state index in [0.29, 0.717) is 19.4 Å². The van der Waals surface area contributed by atoms with Crippen LogP contribution in [-0.4, -0.2) is 29.9 Å². The summed E-state index contributed by atoms with van der Waals surface area (Å²) in [5, 5.41) is 0. The number of piperidine rings is 1. The van der Waals surface area contributed by atoms with Crippen molar-refractivity contribution in [1.29, 1.82) is 0 Å². The summed E-state index contributed by atoms with van der Waals surface area (Å²) in [6, 6.07) is 6.54. The molecule has 1 heterocycles. The van der Waals surface area contributed by atoms with Crippen LogP contribution in [0.3, 0.4) is 0 Å². The molecule has 2 N–H and O–H groups in total. The van der Waals surface area contributed by atoms with E-state index >= 15 is 0 Å². The third kappa shape index (κ3) is 3.77. The standard InChI is InChI=1S/C15H21FN2O/c16-13-7-4-12(5-8-13)6-9-15(19)18-10-2-1-3-14(18)11-17/h4-5,7-8,14H,1-3,6,9-11,17H2. The van der Waals surface area contributed by atoms with E-state index in [1.54, 1.807) is 12.1 Å². The summed E-state index contributed by atoms with van der Waals surface area (Å²) < 4.78 is 12.8. The number of hydrogen-bond donors (Lipinski definition) is 1. The van der Waals surface area contributed by atoms with Crippen molar-refractivity contribution >= 4 is 5.91 Å². The highest BCUT2D eigenvalue weighted by Crippen LogP contribution is 2.18. The summed E-state index contributed by atoms with van der Waals surface area (Å²) >= 11 is 0. The van der Waals surface area contributed by atoms with E-state index < -0.39 is 0 Å². The molecule has 0 saturated carbocycles. The number of nitrogens with two attached hydrogens (primary N) is 1. The summed E-state index contributed by atoms with van der Waals surface area (Å²) in [5.41, 5.74) is 6.72. The number of halogens is 1. The minimum absolute atomic E-state index is 0.166. The number of rotatable bonds is 4. The Bertz CT molecular complexity index is 419. The van der Waals surface area contributed by atoms with Crippen LogP contribution in [0, 0.1) is 5.82 Å². The lowest BCUT2D eigenvalue weighted by Gasteiger charge is -2.35. The van der Waals surface area contributed by atoms with Gasteiger partial charge in [0.15, 0.2) is 0 Å². The maximum Gasteiger partial charge on any atom is 0.223 e. The van der Waals surface area contributed by atoms with Crippen molar-refractivity contribution in [2.75, 3.05) is 13.1 Å². The quantitative estimate of drug-likeness (QED) is 0.905. The van der Waals surface area contributed by atoms with Gasteiger partial charge in [-0.05, 0) is 43.4 Å². The SMILES string of the molecule is NCC1CCCCN1C(=O)CCc1ccc(F)cc1. The smallest absolute Gasteiger partial charge is 0.223 e. The van der Waals surface area contributed by atoms with Crippen LogP contribution >= 0.6 is 0 Å². The van der Waals surface area contributed by atoms with Crippen LogP contribution in [0.5, 0.6) is 0 Å². The number of benzene rings is 1. The zero-order chi connectivity index (χ0) is 13.7. The molecule has 19 heavy (non-hydrogen) atoms. The molecular formula is C15H21FN2O. The molecule has 0 bridgehead atoms. The molecule has 1 unspecified atom stereocenters. The lowest BCUT2D eigenvalue weighted by atomic mass is 10.0. The second-order valence-electron chi connectivity index (χ2n) is 5.10. The molecule has 1 aromatic carbocycles. The predicted molar refractivity (Wildman–Crippen MR) is 73.1 cm³/mol. The molecule has 4 heteroatoms. The molecule has 0 aliphatic carbocycles. The molecule has 0 spiro atoms. The summed E-state index contributed by atoms with van der Waals surface area (Å²) in [4.78, 5) is 14.1. The van der Waals surface area contributed by atoms with Gasteiger partial charge in [0, 0.05) is 25.6 Å². The summed E-state index contributed by atoms with van der Waals surface area (Å²) in [7, 11) is 0. The highest BCUT2D eigenvalue weighted by atomic mass is 19.1. The van der Waals surface area contributed by atoms with E-state index in [2.05, 4.69) is 0 Å². The molecule has 104 valence electrons. The van der Waals surface area contributed by atoms with Crippen LogP contribution < -0.4 is 5.73 Å². The van der Waals surface area contributed by atoms with Crippen LogP contribution in [0.15, 0.2) is 24.3 Å². The molecule has 1 aliphatic heterocycles. The van der Waals surface area contributed by atoms with Crippen LogP contribution in [0.1, 0.15) is 31.2 Å². The topological polar surface area (TPSA) is 46.3 Å². The van der Waals surface area contributed by atoms with Crippen LogP contribution in [0.4, 0.5) is 4.39 Å². The van der Waals surface area contributed by atoms with Crippen molar-refractivity contribution in [1.82, 2.24) is 4.90 Å². The first-order valence-corrected chi connectivity index (χ1v) is 6.94. The molecule has 1 fully saturated rings. The van der Waals surface area contributed by atoms with Gasteiger partial charge in [0.25, 0.3) is 0 Å². The van der Waals surface area contributed by atoms with E-state index in [0.717, 1.165) is 31.4 Å². The van der Waals surface area contributed by atoms with Crippen molar-refractivity contribution in [3.05, 3.63) is 35.6 Å². The molecule has 1 saturated heterocycles. The molecule has 1 atom stereocenters. The Morgan fingerprint density at radius 1 is 1.32 bits per heavy atom. The minimum Gasteiger partial charge on any atom is -0.338 e. The van der Waals surface area contributed by atoms with Crippen molar-refractivity contribution in [3.63, 3.8) is 0 Å². The van der Waals surface area contributed by atoms with Gasteiger partial charge in [-0.2, -0.15) is 0 Å². The van der Waals surface area contributed by atoms with Gasteiger partial charge < -0.3 is 10.6 Å². The molecular weight excluding hydrogens is 243 g/mol. The Hall–Kier alpha value is -1.42. The largest absolute Gasteiger partial charge is 0.338 e. The molecule has 0 aromatic heterocycles. The Kier molecular flexibility index (Phi) is 4.91. The molecule has 0 radical (unpaired) electrons. The van der Waals surface area contributed by atoms with Crippen molar-refractivity contribution in [2.45, 2.75) is 38.1 Å². The number of amides is 1. The lowest BCUT2D eigenvalue weighted by Crippen LogP contribution is -2.47. The number of carbonyl (C=O) groups excluding carboxylic acids is 1. The van der Waals surface area contributed by atoms with E-state index in [1.165, 1.54) is 12.1 Å². The van der Waals surface area contributed by atoms with Gasteiger partial charge in [-0.3, -0.25) is 4.79 Å². The Labute approximate surface area is 113 Å². The van der Waals surface area contributed by atoms with E-state index in [9.17, 15) is 9.18 Å². The molecule has 1 aliphatic rings. The van der Waals surface area contributed by atoms with Gasteiger partial charge >= 0.3 is 0 Å². The zero-order valence-corrected chi connectivity index (χ0v) is 11.1. The fourth-order valence-corrected chi connectivity index (χ4v) is 2.62. The van der Waals surface area contributed by atoms with Gasteiger partial charge in [0.2, 0.25) is 5.91 Å². The maximum atomic E-state index is 12.8. The lowest BCUT2D eigenvalue weighted by molar-refractivity contribution is -0.134. The predicted octanol–water partition coefficient (Wildman–Crippen LogP) is 2.10. The second-order valence-corrected chi connectivity index (χ2v) is 5.10. The molecule has 2 rings (SSSR count). The first-order chi connectivity index (χ1) is 9.20. The second kappa shape index (κ2) is 6.66. The van der Waals surface area contributed by atoms with E-state index in [1.807, 2.05) is 4.90 Å². The maximum absolute atomic E-state index is 12.8. The fraction of sp³-hybridized carbons (Fsp3) is 0.533. The van der Waals surface area contributed by atoms with Crippen LogP contribution in [0.25, 0.3) is 0 Å². The third-order valence-corrected chi connectivity index (χ3v) is 3.76. The fourth-order valence-electron chi connectivity index (χ4n) is 2.62. The monoisotopic (exact) mass is 264 g/mol. The number of aryl methyl sites for hydroxylation is 1. The van der Waals surface area contributed by atoms with Crippen LogP contribution in [0.2, 0.25) is 0 Å². The Morgan fingerprint density at radius 2 is 2.05 bits per heavy atom. The highest BCUT2D eigenvalue weighted by molar-refractivity contribution is 5.77. The van der Waals surface area contributed by atoms with Gasteiger partial charge in [-0.15, -0.1) is 0 Å². The highest BCUT2D eigenvalue weighted by Gasteiger charge is 2.24. The number of nitrogens with zero attached hydrogens (tertiary/aromatic N) is 1. The molecule has 1 amide bonds. The summed E-state index contributed by atoms with van der Waals surface area (Å²) in [6.45, 7) is 1.37. The normalized spacial score (nSPS) is 19.5. The molecule has 1 aromatic rings. The van der Waals surface area contributed by atoms with Gasteiger partial charge in [-0.1, -0.05) is 12.1 Å². The summed E-state index contributed by atoms with van der Waals surface area (Å²) in [6.07, 6.45) is 4.37. The van der Waals surface area contributed by atoms with Gasteiger partial charge in [0.1, 0.15) is 5.82 Å². The van der Waals surface area contributed by atoms with Crippen molar-refractivity contribution in [2.24, 2.45) is 5.73 Å². The number of carbonyl (C=O) groups is 1. The summed E-state index contributed by atoms with van der Waals surface area (Å²) in [5.74, 6) is -0.0752. The average Bonchev–Trinajstić information content (AvgIpc) is 2.46. The number of hydrogen-bond acceptors (Lipinski definition) is 2. The first kappa shape index (κ1) is 14.0. The zero-order valence-electron chi connectivity index (χ0n) is 11.1. The minimum atomic E-state index is -0.241. The van der Waals surface area contributed by atoms with E-state index in [4.69, 9.17) is 5.73 Å². The Balaban J connectivity index is 1.87. The average molecular weight is 264 g/mol. The van der Waals surface area contributed by atoms with E-state index in [-0.39, 0.29) is 17.8 Å². The Morgan fingerprint density at radius 3 is 2.74 bits per heavy atom. The van der Waals surface area contributed by atoms with Crippen molar-refractivity contribution < 1.29 is 9.18 Å². The van der Waals surface area contributed by atoms with Gasteiger partial charge in [-0.25, -0.2) is 4.39 Å².